The SMILES string of the molecule is C/C=C/COC(=O)N(C)C. The van der Waals surface area contributed by atoms with Crippen molar-refractivity contribution in [2.24, 2.45) is 0 Å². The molecule has 0 aliphatic rings. The van der Waals surface area contributed by atoms with Crippen molar-refractivity contribution in [3.8, 4) is 0 Å². The fraction of sp³-hybridized carbons (Fsp3) is 0.571. The third-order valence-electron chi connectivity index (χ3n) is 0.904. The number of carbonyl (C=O) groups is 1. The minimum atomic E-state index is -0.307. The lowest BCUT2D eigenvalue weighted by atomic mass is 10.6. The fourth-order valence-corrected chi connectivity index (χ4v) is 0.345. The van der Waals surface area contributed by atoms with Crippen molar-refractivity contribution in [1.82, 2.24) is 4.90 Å². The van der Waals surface area contributed by atoms with E-state index in [2.05, 4.69) is 0 Å². The summed E-state index contributed by atoms with van der Waals surface area (Å²) in [7, 11) is 3.30. The van der Waals surface area contributed by atoms with Crippen molar-refractivity contribution in [2.45, 2.75) is 6.92 Å². The summed E-state index contributed by atoms with van der Waals surface area (Å²) in [6.45, 7) is 2.23. The van der Waals surface area contributed by atoms with E-state index in [4.69, 9.17) is 4.74 Å². The van der Waals surface area contributed by atoms with Gasteiger partial charge in [-0.2, -0.15) is 0 Å². The third-order valence-corrected chi connectivity index (χ3v) is 0.904. The summed E-state index contributed by atoms with van der Waals surface area (Å²) in [5.41, 5.74) is 0. The molecule has 0 radical (unpaired) electrons. The Morgan fingerprint density at radius 3 is 2.60 bits per heavy atom. The highest BCUT2D eigenvalue weighted by atomic mass is 16.5. The zero-order valence-electron chi connectivity index (χ0n) is 6.63. The first-order chi connectivity index (χ1) is 4.68. The molecule has 0 fully saturated rings. The van der Waals surface area contributed by atoms with Crippen LogP contribution in [0.4, 0.5) is 4.79 Å². The molecule has 3 nitrogen and oxygen atoms in total. The summed E-state index contributed by atoms with van der Waals surface area (Å²) >= 11 is 0. The molecule has 0 spiro atoms. The molecular formula is C7H13NO2. The molecule has 0 rings (SSSR count). The van der Waals surface area contributed by atoms with Gasteiger partial charge >= 0.3 is 6.09 Å². The third kappa shape index (κ3) is 3.95. The van der Waals surface area contributed by atoms with Gasteiger partial charge in [-0.1, -0.05) is 12.2 Å². The first-order valence-electron chi connectivity index (χ1n) is 3.13. The van der Waals surface area contributed by atoms with E-state index in [1.54, 1.807) is 20.2 Å². The molecule has 0 bridgehead atoms. The highest BCUT2D eigenvalue weighted by Gasteiger charge is 2.00. The molecule has 58 valence electrons. The van der Waals surface area contributed by atoms with E-state index >= 15 is 0 Å². The number of hydrogen-bond donors (Lipinski definition) is 0. The summed E-state index contributed by atoms with van der Waals surface area (Å²) in [5, 5.41) is 0. The fourth-order valence-electron chi connectivity index (χ4n) is 0.345. The number of allylic oxidation sites excluding steroid dienone is 1. The van der Waals surface area contributed by atoms with Crippen LogP contribution in [-0.4, -0.2) is 31.7 Å². The van der Waals surface area contributed by atoms with Gasteiger partial charge in [0.05, 0.1) is 0 Å². The highest BCUT2D eigenvalue weighted by Crippen LogP contribution is 1.85. The normalized spacial score (nSPS) is 9.90. The van der Waals surface area contributed by atoms with Crippen LogP contribution in [0.15, 0.2) is 12.2 Å². The standard InChI is InChI=1S/C7H13NO2/c1-4-5-6-10-7(9)8(2)3/h4-5H,6H2,1-3H3/b5-4+. The van der Waals surface area contributed by atoms with Gasteiger partial charge in [0.15, 0.2) is 0 Å². The summed E-state index contributed by atoms with van der Waals surface area (Å²) in [6, 6.07) is 0. The molecule has 0 aliphatic carbocycles. The van der Waals surface area contributed by atoms with E-state index in [1.807, 2.05) is 13.0 Å². The topological polar surface area (TPSA) is 29.5 Å². The molecule has 0 aliphatic heterocycles. The number of nitrogens with zero attached hydrogens (tertiary/aromatic N) is 1. The van der Waals surface area contributed by atoms with Crippen LogP contribution in [0.5, 0.6) is 0 Å². The zero-order chi connectivity index (χ0) is 7.98. The molecule has 0 unspecified atom stereocenters. The van der Waals surface area contributed by atoms with Crippen molar-refractivity contribution in [3.05, 3.63) is 12.2 Å². The molecule has 0 aromatic carbocycles. The Labute approximate surface area is 61.3 Å². The van der Waals surface area contributed by atoms with Gasteiger partial charge in [0.1, 0.15) is 6.61 Å². The lowest BCUT2D eigenvalue weighted by molar-refractivity contribution is 0.129. The molecule has 0 saturated heterocycles. The highest BCUT2D eigenvalue weighted by molar-refractivity contribution is 5.66. The first-order valence-corrected chi connectivity index (χ1v) is 3.13. The monoisotopic (exact) mass is 143 g/mol. The van der Waals surface area contributed by atoms with E-state index in [-0.39, 0.29) is 6.09 Å². The Kier molecular flexibility index (Phi) is 4.37. The molecule has 10 heavy (non-hydrogen) atoms. The van der Waals surface area contributed by atoms with E-state index in [1.165, 1.54) is 4.90 Å². The second kappa shape index (κ2) is 4.85. The van der Waals surface area contributed by atoms with E-state index < -0.39 is 0 Å². The average Bonchev–Trinajstić information content (AvgIpc) is 1.88. The largest absolute Gasteiger partial charge is 0.445 e. The Balaban J connectivity index is 3.40. The predicted octanol–water partition coefficient (Wildman–Crippen LogP) is 1.26. The van der Waals surface area contributed by atoms with Crippen molar-refractivity contribution in [1.29, 1.82) is 0 Å². The minimum Gasteiger partial charge on any atom is -0.445 e. The summed E-state index contributed by atoms with van der Waals surface area (Å²) in [5.74, 6) is 0. The second-order valence-corrected chi connectivity index (χ2v) is 2.04. The lowest BCUT2D eigenvalue weighted by Gasteiger charge is -2.08. The van der Waals surface area contributed by atoms with Crippen LogP contribution in [0.2, 0.25) is 0 Å². The molecule has 3 heteroatoms. The molecule has 0 N–H and O–H groups in total. The van der Waals surface area contributed by atoms with Gasteiger partial charge in [-0.05, 0) is 6.92 Å². The lowest BCUT2D eigenvalue weighted by Crippen LogP contribution is -2.22. The maximum atomic E-state index is 10.7. The predicted molar refractivity (Wildman–Crippen MR) is 39.8 cm³/mol. The van der Waals surface area contributed by atoms with Crippen LogP contribution in [-0.2, 0) is 4.74 Å². The minimum absolute atomic E-state index is 0.307. The quantitative estimate of drug-likeness (QED) is 0.544. The molecule has 0 saturated carbocycles. The van der Waals surface area contributed by atoms with Crippen LogP contribution in [0, 0.1) is 0 Å². The number of ether oxygens (including phenoxy) is 1. The number of amides is 1. The van der Waals surface area contributed by atoms with Crippen molar-refractivity contribution in [3.63, 3.8) is 0 Å². The van der Waals surface area contributed by atoms with Gasteiger partial charge < -0.3 is 9.64 Å². The van der Waals surface area contributed by atoms with Crippen LogP contribution in [0.25, 0.3) is 0 Å². The summed E-state index contributed by atoms with van der Waals surface area (Å²) in [6.07, 6.45) is 3.31. The zero-order valence-corrected chi connectivity index (χ0v) is 6.63. The van der Waals surface area contributed by atoms with Gasteiger partial charge in [0.25, 0.3) is 0 Å². The smallest absolute Gasteiger partial charge is 0.409 e. The van der Waals surface area contributed by atoms with E-state index in [0.29, 0.717) is 6.61 Å². The van der Waals surface area contributed by atoms with Crippen molar-refractivity contribution in [2.75, 3.05) is 20.7 Å². The second-order valence-electron chi connectivity index (χ2n) is 2.04. The van der Waals surface area contributed by atoms with Crippen LogP contribution in [0.1, 0.15) is 6.92 Å². The maximum absolute atomic E-state index is 10.7. The molecule has 0 aromatic heterocycles. The number of carbonyl (C=O) groups excluding carboxylic acids is 1. The van der Waals surface area contributed by atoms with Gasteiger partial charge in [0.2, 0.25) is 0 Å². The maximum Gasteiger partial charge on any atom is 0.409 e. The molecule has 0 atom stereocenters. The van der Waals surface area contributed by atoms with Gasteiger partial charge in [-0.3, -0.25) is 0 Å². The Bertz CT molecular complexity index is 130. The summed E-state index contributed by atoms with van der Waals surface area (Å²) in [4.78, 5) is 12.1. The first kappa shape index (κ1) is 9.01. The van der Waals surface area contributed by atoms with Crippen LogP contribution in [0.3, 0.4) is 0 Å². The average molecular weight is 143 g/mol. The Hall–Kier alpha value is -0.990. The van der Waals surface area contributed by atoms with E-state index in [9.17, 15) is 4.79 Å². The van der Waals surface area contributed by atoms with Gasteiger partial charge in [-0.25, -0.2) is 4.79 Å². The number of hydrogen-bond acceptors (Lipinski definition) is 2. The van der Waals surface area contributed by atoms with Gasteiger partial charge in [0, 0.05) is 14.1 Å². The van der Waals surface area contributed by atoms with E-state index in [0.717, 1.165) is 0 Å². The summed E-state index contributed by atoms with van der Waals surface area (Å²) < 4.78 is 4.74. The molecular weight excluding hydrogens is 130 g/mol. The Morgan fingerprint density at radius 2 is 2.20 bits per heavy atom. The van der Waals surface area contributed by atoms with Crippen LogP contribution < -0.4 is 0 Å². The van der Waals surface area contributed by atoms with Gasteiger partial charge in [-0.15, -0.1) is 0 Å². The van der Waals surface area contributed by atoms with Crippen molar-refractivity contribution < 1.29 is 9.53 Å². The molecule has 0 aromatic rings. The van der Waals surface area contributed by atoms with Crippen molar-refractivity contribution >= 4 is 6.09 Å². The Morgan fingerprint density at radius 1 is 1.60 bits per heavy atom. The number of rotatable bonds is 2. The molecule has 1 amide bonds. The van der Waals surface area contributed by atoms with Crippen LogP contribution >= 0.6 is 0 Å². The molecule has 0 heterocycles.